The molecule has 12 heavy (non-hydrogen) atoms. The van der Waals surface area contributed by atoms with E-state index in [0.717, 1.165) is 6.20 Å². The maximum Gasteiger partial charge on any atom is 0.222 e. The molecule has 1 heterocycles. The number of nitrogens with two attached hydrogens (primary N) is 1. The van der Waals surface area contributed by atoms with Crippen molar-refractivity contribution in [1.29, 1.82) is 0 Å². The second kappa shape index (κ2) is 3.34. The van der Waals surface area contributed by atoms with Crippen LogP contribution in [0, 0.1) is 5.82 Å². The molecule has 1 aromatic heterocycles. The Morgan fingerprint density at radius 3 is 2.83 bits per heavy atom. The summed E-state index contributed by atoms with van der Waals surface area (Å²) in [6.45, 7) is 3.77. The van der Waals surface area contributed by atoms with Crippen molar-refractivity contribution in [2.45, 2.75) is 19.9 Å². The first-order valence-corrected chi connectivity index (χ1v) is 3.64. The molecule has 0 spiro atoms. The molecular formula is C7H11FN4. The van der Waals surface area contributed by atoms with Crippen molar-refractivity contribution in [2.75, 3.05) is 11.1 Å². The lowest BCUT2D eigenvalue weighted by Gasteiger charge is -2.09. The number of anilines is 2. The van der Waals surface area contributed by atoms with E-state index in [1.807, 2.05) is 13.8 Å². The van der Waals surface area contributed by atoms with Gasteiger partial charge in [-0.1, -0.05) is 0 Å². The molecule has 0 aliphatic rings. The number of nitrogens with one attached hydrogen (secondary N) is 1. The largest absolute Gasteiger partial charge is 0.368 e. The summed E-state index contributed by atoms with van der Waals surface area (Å²) in [6, 6.07) is 0.119. The SMILES string of the molecule is CC(C)Nc1nc(N)ncc1F. The third kappa shape index (κ3) is 2.05. The van der Waals surface area contributed by atoms with Crippen LogP contribution in [0.2, 0.25) is 0 Å². The van der Waals surface area contributed by atoms with Crippen LogP contribution in [0.25, 0.3) is 0 Å². The molecule has 1 rings (SSSR count). The van der Waals surface area contributed by atoms with Gasteiger partial charge in [0.1, 0.15) is 0 Å². The summed E-state index contributed by atoms with van der Waals surface area (Å²) < 4.78 is 12.9. The average Bonchev–Trinajstić information content (AvgIpc) is 1.96. The predicted molar refractivity (Wildman–Crippen MR) is 45.2 cm³/mol. The molecule has 5 heteroatoms. The summed E-state index contributed by atoms with van der Waals surface area (Å²) in [6.07, 6.45) is 1.05. The minimum absolute atomic E-state index is 0.0690. The van der Waals surface area contributed by atoms with Crippen LogP contribution < -0.4 is 11.1 Å². The molecule has 0 unspecified atom stereocenters. The van der Waals surface area contributed by atoms with Crippen LogP contribution in [-0.4, -0.2) is 16.0 Å². The molecule has 1 aromatic rings. The normalized spacial score (nSPS) is 10.3. The fraction of sp³-hybridized carbons (Fsp3) is 0.429. The van der Waals surface area contributed by atoms with Gasteiger partial charge in [-0.2, -0.15) is 4.98 Å². The van der Waals surface area contributed by atoms with Gasteiger partial charge in [0.15, 0.2) is 11.6 Å². The van der Waals surface area contributed by atoms with Crippen LogP contribution in [0.15, 0.2) is 6.20 Å². The Bertz CT molecular complexity index is 274. The number of hydrogen-bond acceptors (Lipinski definition) is 4. The molecule has 0 saturated carbocycles. The van der Waals surface area contributed by atoms with Gasteiger partial charge in [-0.05, 0) is 13.8 Å². The minimum atomic E-state index is -0.488. The van der Waals surface area contributed by atoms with Gasteiger partial charge in [0.25, 0.3) is 0 Å². The standard InChI is InChI=1S/C7H11FN4/c1-4(2)11-6-5(8)3-10-7(9)12-6/h3-4H,1-2H3,(H3,9,10,11,12). The van der Waals surface area contributed by atoms with Crippen LogP contribution in [0.3, 0.4) is 0 Å². The highest BCUT2D eigenvalue weighted by molar-refractivity contribution is 5.39. The molecule has 3 N–H and O–H groups in total. The predicted octanol–water partition coefficient (Wildman–Crippen LogP) is 1.02. The van der Waals surface area contributed by atoms with Crippen molar-refractivity contribution in [2.24, 2.45) is 0 Å². The Labute approximate surface area is 70.0 Å². The molecule has 0 aromatic carbocycles. The summed E-state index contributed by atoms with van der Waals surface area (Å²) in [5.41, 5.74) is 5.27. The Kier molecular flexibility index (Phi) is 2.42. The second-order valence-corrected chi connectivity index (χ2v) is 2.72. The Hall–Kier alpha value is -1.39. The maximum absolute atomic E-state index is 12.9. The van der Waals surface area contributed by atoms with Gasteiger partial charge in [-0.3, -0.25) is 0 Å². The minimum Gasteiger partial charge on any atom is -0.368 e. The van der Waals surface area contributed by atoms with Gasteiger partial charge in [-0.25, -0.2) is 9.37 Å². The molecule has 0 amide bonds. The highest BCUT2D eigenvalue weighted by atomic mass is 19.1. The van der Waals surface area contributed by atoms with E-state index in [0.29, 0.717) is 0 Å². The number of rotatable bonds is 2. The first kappa shape index (κ1) is 8.70. The van der Waals surface area contributed by atoms with E-state index in [9.17, 15) is 4.39 Å². The average molecular weight is 170 g/mol. The highest BCUT2D eigenvalue weighted by Gasteiger charge is 2.05. The lowest BCUT2D eigenvalue weighted by Crippen LogP contribution is -2.13. The van der Waals surface area contributed by atoms with E-state index >= 15 is 0 Å². The van der Waals surface area contributed by atoms with Gasteiger partial charge < -0.3 is 11.1 Å². The van der Waals surface area contributed by atoms with Crippen LogP contribution in [0.1, 0.15) is 13.8 Å². The van der Waals surface area contributed by atoms with Crippen molar-refractivity contribution in [3.8, 4) is 0 Å². The van der Waals surface area contributed by atoms with Crippen molar-refractivity contribution in [3.63, 3.8) is 0 Å². The fourth-order valence-corrected chi connectivity index (χ4v) is 0.755. The molecule has 0 fully saturated rings. The Morgan fingerprint density at radius 2 is 2.25 bits per heavy atom. The van der Waals surface area contributed by atoms with E-state index in [1.54, 1.807) is 0 Å². The van der Waals surface area contributed by atoms with Crippen LogP contribution in [0.4, 0.5) is 16.2 Å². The number of hydrogen-bond donors (Lipinski definition) is 2. The number of nitrogen functional groups attached to an aromatic ring is 1. The summed E-state index contributed by atoms with van der Waals surface area (Å²) in [7, 11) is 0. The Balaban J connectivity index is 2.90. The fourth-order valence-electron chi connectivity index (χ4n) is 0.755. The Morgan fingerprint density at radius 1 is 1.58 bits per heavy atom. The zero-order valence-electron chi connectivity index (χ0n) is 7.00. The summed E-state index contributed by atoms with van der Waals surface area (Å²) >= 11 is 0. The van der Waals surface area contributed by atoms with Gasteiger partial charge in [0.2, 0.25) is 5.95 Å². The summed E-state index contributed by atoms with van der Waals surface area (Å²) in [5, 5.41) is 2.81. The molecule has 0 radical (unpaired) electrons. The molecule has 66 valence electrons. The third-order valence-electron chi connectivity index (χ3n) is 1.19. The van der Waals surface area contributed by atoms with Crippen molar-refractivity contribution < 1.29 is 4.39 Å². The van der Waals surface area contributed by atoms with E-state index in [4.69, 9.17) is 5.73 Å². The van der Waals surface area contributed by atoms with E-state index in [2.05, 4.69) is 15.3 Å². The van der Waals surface area contributed by atoms with E-state index in [-0.39, 0.29) is 17.8 Å². The summed E-state index contributed by atoms with van der Waals surface area (Å²) in [5.74, 6) is -0.269. The van der Waals surface area contributed by atoms with Gasteiger partial charge in [-0.15, -0.1) is 0 Å². The molecule has 0 saturated heterocycles. The lowest BCUT2D eigenvalue weighted by atomic mass is 10.4. The van der Waals surface area contributed by atoms with Crippen LogP contribution in [-0.2, 0) is 0 Å². The second-order valence-electron chi connectivity index (χ2n) is 2.72. The maximum atomic E-state index is 12.9. The number of halogens is 1. The topological polar surface area (TPSA) is 63.8 Å². The molecule has 0 bridgehead atoms. The molecule has 0 aliphatic heterocycles. The molecule has 0 aliphatic carbocycles. The number of aromatic nitrogens is 2. The zero-order valence-corrected chi connectivity index (χ0v) is 7.00. The third-order valence-corrected chi connectivity index (χ3v) is 1.19. The summed E-state index contributed by atoms with van der Waals surface area (Å²) in [4.78, 5) is 7.19. The van der Waals surface area contributed by atoms with Crippen LogP contribution >= 0.6 is 0 Å². The quantitative estimate of drug-likeness (QED) is 0.695. The first-order chi connectivity index (χ1) is 5.59. The van der Waals surface area contributed by atoms with Crippen LogP contribution in [0.5, 0.6) is 0 Å². The monoisotopic (exact) mass is 170 g/mol. The van der Waals surface area contributed by atoms with Crippen molar-refractivity contribution >= 4 is 11.8 Å². The van der Waals surface area contributed by atoms with Gasteiger partial charge in [0, 0.05) is 6.04 Å². The number of nitrogens with zero attached hydrogens (tertiary/aromatic N) is 2. The lowest BCUT2D eigenvalue weighted by molar-refractivity contribution is 0.615. The molecule has 0 atom stereocenters. The van der Waals surface area contributed by atoms with Gasteiger partial charge >= 0.3 is 0 Å². The molecular weight excluding hydrogens is 159 g/mol. The first-order valence-electron chi connectivity index (χ1n) is 3.64. The van der Waals surface area contributed by atoms with Crippen molar-refractivity contribution in [1.82, 2.24) is 9.97 Å². The smallest absolute Gasteiger partial charge is 0.222 e. The molecule has 4 nitrogen and oxygen atoms in total. The van der Waals surface area contributed by atoms with Crippen molar-refractivity contribution in [3.05, 3.63) is 12.0 Å². The zero-order chi connectivity index (χ0) is 9.14. The van der Waals surface area contributed by atoms with Gasteiger partial charge in [0.05, 0.1) is 6.20 Å². The van der Waals surface area contributed by atoms with E-state index < -0.39 is 5.82 Å². The van der Waals surface area contributed by atoms with E-state index in [1.165, 1.54) is 0 Å². The highest BCUT2D eigenvalue weighted by Crippen LogP contribution is 2.10.